The van der Waals surface area contributed by atoms with Crippen molar-refractivity contribution in [2.24, 2.45) is 0 Å². The van der Waals surface area contributed by atoms with E-state index in [0.29, 0.717) is 22.0 Å². The zero-order valence-corrected chi connectivity index (χ0v) is 12.3. The van der Waals surface area contributed by atoms with Crippen molar-refractivity contribution < 1.29 is 9.50 Å². The van der Waals surface area contributed by atoms with E-state index >= 15 is 0 Å². The minimum absolute atomic E-state index is 0.234. The number of benzene rings is 2. The van der Waals surface area contributed by atoms with Gasteiger partial charge in [0.05, 0.1) is 18.8 Å². The van der Waals surface area contributed by atoms with E-state index in [1.54, 1.807) is 35.0 Å². The Balaban J connectivity index is 2.04. The van der Waals surface area contributed by atoms with Crippen molar-refractivity contribution in [3.63, 3.8) is 0 Å². The minimum Gasteiger partial charge on any atom is -0.390 e. The first-order chi connectivity index (χ1) is 10.7. The lowest BCUT2D eigenvalue weighted by atomic mass is 10.1. The lowest BCUT2D eigenvalue weighted by Crippen LogP contribution is -2.06. The van der Waals surface area contributed by atoms with Crippen LogP contribution >= 0.6 is 11.6 Å². The Morgan fingerprint density at radius 2 is 1.82 bits per heavy atom. The topological polar surface area (TPSA) is 50.9 Å². The van der Waals surface area contributed by atoms with Crippen molar-refractivity contribution in [1.29, 1.82) is 0 Å². The third-order valence-corrected chi connectivity index (χ3v) is 3.60. The summed E-state index contributed by atoms with van der Waals surface area (Å²) in [6.07, 6.45) is 0. The number of aromatic nitrogens is 3. The number of hydrogen-bond acceptors (Lipinski definition) is 3. The molecule has 22 heavy (non-hydrogen) atoms. The quantitative estimate of drug-likeness (QED) is 0.803. The molecule has 0 aliphatic carbocycles. The van der Waals surface area contributed by atoms with Crippen LogP contribution in [0, 0.1) is 5.82 Å². The molecule has 0 spiro atoms. The predicted octanol–water partition coefficient (Wildman–Crippen LogP) is 3.28. The summed E-state index contributed by atoms with van der Waals surface area (Å²) >= 11 is 5.90. The van der Waals surface area contributed by atoms with Gasteiger partial charge in [0.1, 0.15) is 11.5 Å². The minimum atomic E-state index is -0.300. The average Bonchev–Trinajstić information content (AvgIpc) is 2.93. The van der Waals surface area contributed by atoms with E-state index in [-0.39, 0.29) is 19.0 Å². The van der Waals surface area contributed by atoms with Crippen molar-refractivity contribution in [2.75, 3.05) is 0 Å². The van der Waals surface area contributed by atoms with E-state index in [1.807, 2.05) is 12.1 Å². The molecule has 0 unspecified atom stereocenters. The Morgan fingerprint density at radius 1 is 1.09 bits per heavy atom. The summed E-state index contributed by atoms with van der Waals surface area (Å²) in [7, 11) is 0. The molecule has 3 rings (SSSR count). The Kier molecular flexibility index (Phi) is 4.18. The van der Waals surface area contributed by atoms with E-state index < -0.39 is 0 Å². The number of nitrogens with zero attached hydrogens (tertiary/aromatic N) is 3. The van der Waals surface area contributed by atoms with Crippen LogP contribution in [0.15, 0.2) is 48.5 Å². The molecule has 1 aromatic heterocycles. The van der Waals surface area contributed by atoms with Crippen LogP contribution in [0.4, 0.5) is 4.39 Å². The second-order valence-corrected chi connectivity index (χ2v) is 5.24. The highest BCUT2D eigenvalue weighted by Crippen LogP contribution is 2.25. The summed E-state index contributed by atoms with van der Waals surface area (Å²) < 4.78 is 15.4. The van der Waals surface area contributed by atoms with Crippen LogP contribution in [0.5, 0.6) is 0 Å². The number of halogens is 2. The van der Waals surface area contributed by atoms with Crippen LogP contribution in [0.1, 0.15) is 11.3 Å². The third-order valence-electron chi connectivity index (χ3n) is 3.35. The highest BCUT2D eigenvalue weighted by Gasteiger charge is 2.15. The third kappa shape index (κ3) is 2.86. The van der Waals surface area contributed by atoms with Gasteiger partial charge in [-0.15, -0.1) is 5.10 Å². The zero-order chi connectivity index (χ0) is 15.5. The van der Waals surface area contributed by atoms with Crippen LogP contribution in [-0.2, 0) is 13.2 Å². The molecule has 1 N–H and O–H groups in total. The van der Waals surface area contributed by atoms with Crippen molar-refractivity contribution >= 4 is 11.6 Å². The van der Waals surface area contributed by atoms with Crippen LogP contribution in [-0.4, -0.2) is 20.1 Å². The number of hydrogen-bond donors (Lipinski definition) is 1. The molecular formula is C16H13ClFN3O. The van der Waals surface area contributed by atoms with Crippen LogP contribution < -0.4 is 0 Å². The average molecular weight is 318 g/mol. The SMILES string of the molecule is OCc1nnn(Cc2ccccc2F)c1-c1ccc(Cl)cc1. The van der Waals surface area contributed by atoms with Crippen LogP contribution in [0.25, 0.3) is 11.3 Å². The summed E-state index contributed by atoms with van der Waals surface area (Å²) in [6, 6.07) is 13.6. The molecule has 0 saturated heterocycles. The van der Waals surface area contributed by atoms with Crippen molar-refractivity contribution in [2.45, 2.75) is 13.2 Å². The molecule has 0 amide bonds. The van der Waals surface area contributed by atoms with Gasteiger partial charge in [-0.3, -0.25) is 0 Å². The first kappa shape index (κ1) is 14.7. The highest BCUT2D eigenvalue weighted by molar-refractivity contribution is 6.30. The van der Waals surface area contributed by atoms with Gasteiger partial charge in [0, 0.05) is 16.1 Å². The standard InChI is InChI=1S/C16H13ClFN3O/c17-13-7-5-11(6-8-13)16-15(10-22)19-20-21(16)9-12-3-1-2-4-14(12)18/h1-8,22H,9-10H2. The summed E-state index contributed by atoms with van der Waals surface area (Å²) in [6.45, 7) is -0.00708. The smallest absolute Gasteiger partial charge is 0.128 e. The Labute approximate surface area is 131 Å². The van der Waals surface area contributed by atoms with Gasteiger partial charge in [0.15, 0.2) is 0 Å². The van der Waals surface area contributed by atoms with Gasteiger partial charge in [-0.2, -0.15) is 0 Å². The van der Waals surface area contributed by atoms with E-state index in [9.17, 15) is 9.50 Å². The second kappa shape index (κ2) is 6.25. The summed E-state index contributed by atoms with van der Waals surface area (Å²) in [5, 5.41) is 18.1. The summed E-state index contributed by atoms with van der Waals surface area (Å²) in [4.78, 5) is 0. The van der Waals surface area contributed by atoms with Crippen molar-refractivity contribution in [1.82, 2.24) is 15.0 Å². The molecule has 3 aromatic rings. The largest absolute Gasteiger partial charge is 0.390 e. The number of rotatable bonds is 4. The van der Waals surface area contributed by atoms with Gasteiger partial charge in [0.25, 0.3) is 0 Å². The fourth-order valence-corrected chi connectivity index (χ4v) is 2.40. The highest BCUT2D eigenvalue weighted by atomic mass is 35.5. The van der Waals surface area contributed by atoms with Crippen LogP contribution in [0.2, 0.25) is 5.02 Å². The van der Waals surface area contributed by atoms with Gasteiger partial charge in [0.2, 0.25) is 0 Å². The Bertz CT molecular complexity index is 786. The maximum absolute atomic E-state index is 13.8. The van der Waals surface area contributed by atoms with Crippen molar-refractivity contribution in [3.8, 4) is 11.3 Å². The zero-order valence-electron chi connectivity index (χ0n) is 11.6. The lowest BCUT2D eigenvalue weighted by Gasteiger charge is -2.09. The van der Waals surface area contributed by atoms with Crippen LogP contribution in [0.3, 0.4) is 0 Å². The van der Waals surface area contributed by atoms with E-state index in [4.69, 9.17) is 11.6 Å². The molecule has 0 atom stereocenters. The fraction of sp³-hybridized carbons (Fsp3) is 0.125. The normalized spacial score (nSPS) is 10.9. The molecule has 0 fully saturated rings. The first-order valence-corrected chi connectivity index (χ1v) is 7.09. The maximum atomic E-state index is 13.8. The van der Waals surface area contributed by atoms with Gasteiger partial charge >= 0.3 is 0 Å². The Hall–Kier alpha value is -2.24. The van der Waals surface area contributed by atoms with Gasteiger partial charge in [-0.25, -0.2) is 9.07 Å². The van der Waals surface area contributed by atoms with Gasteiger partial charge in [-0.1, -0.05) is 47.1 Å². The lowest BCUT2D eigenvalue weighted by molar-refractivity contribution is 0.277. The molecule has 0 aliphatic heterocycles. The van der Waals surface area contributed by atoms with Gasteiger partial charge in [-0.05, 0) is 18.2 Å². The van der Waals surface area contributed by atoms with E-state index in [0.717, 1.165) is 5.56 Å². The molecule has 6 heteroatoms. The fourth-order valence-electron chi connectivity index (χ4n) is 2.28. The summed E-state index contributed by atoms with van der Waals surface area (Å²) in [5.74, 6) is -0.300. The monoisotopic (exact) mass is 317 g/mol. The molecular weight excluding hydrogens is 305 g/mol. The molecule has 0 radical (unpaired) electrons. The maximum Gasteiger partial charge on any atom is 0.128 e. The molecule has 0 aliphatic rings. The van der Waals surface area contributed by atoms with E-state index in [2.05, 4.69) is 10.3 Å². The second-order valence-electron chi connectivity index (χ2n) is 4.80. The van der Waals surface area contributed by atoms with E-state index in [1.165, 1.54) is 6.07 Å². The molecule has 0 saturated carbocycles. The molecule has 4 nitrogen and oxygen atoms in total. The Morgan fingerprint density at radius 3 is 2.50 bits per heavy atom. The first-order valence-electron chi connectivity index (χ1n) is 6.71. The van der Waals surface area contributed by atoms with Gasteiger partial charge < -0.3 is 5.11 Å². The molecule has 1 heterocycles. The predicted molar refractivity (Wildman–Crippen MR) is 81.9 cm³/mol. The number of aliphatic hydroxyl groups is 1. The molecule has 0 bridgehead atoms. The molecule has 112 valence electrons. The summed E-state index contributed by atoms with van der Waals surface area (Å²) in [5.41, 5.74) is 2.42. The van der Waals surface area contributed by atoms with Crippen molar-refractivity contribution in [3.05, 3.63) is 70.6 Å². The molecule has 2 aromatic carbocycles. The number of aliphatic hydroxyl groups excluding tert-OH is 1.